The van der Waals surface area contributed by atoms with Crippen molar-refractivity contribution in [2.45, 2.75) is 49.8 Å². The van der Waals surface area contributed by atoms with E-state index in [0.717, 1.165) is 36.8 Å². The number of halogens is 1. The Bertz CT molecular complexity index is 968. The van der Waals surface area contributed by atoms with Crippen molar-refractivity contribution >= 4 is 33.2 Å². The minimum Gasteiger partial charge on any atom is -0.355 e. The van der Waals surface area contributed by atoms with Gasteiger partial charge in [-0.1, -0.05) is 43.1 Å². The van der Waals surface area contributed by atoms with E-state index in [0.29, 0.717) is 17.3 Å². The topological polar surface area (TPSA) is 75.3 Å². The number of amides is 1. The summed E-state index contributed by atoms with van der Waals surface area (Å²) in [6.45, 7) is 4.59. The van der Waals surface area contributed by atoms with Crippen LogP contribution < -0.4 is 10.0 Å². The average molecular weight is 421 g/mol. The van der Waals surface area contributed by atoms with Crippen molar-refractivity contribution < 1.29 is 13.2 Å². The summed E-state index contributed by atoms with van der Waals surface area (Å²) in [6, 6.07) is 11.7. The maximum atomic E-state index is 12.6. The molecule has 0 bridgehead atoms. The van der Waals surface area contributed by atoms with Crippen molar-refractivity contribution in [2.75, 3.05) is 11.3 Å². The number of nitrogens with one attached hydrogen (secondary N) is 2. The summed E-state index contributed by atoms with van der Waals surface area (Å²) >= 11 is 6.05. The highest BCUT2D eigenvalue weighted by Crippen LogP contribution is 2.48. The summed E-state index contributed by atoms with van der Waals surface area (Å²) in [7, 11) is -3.73. The molecule has 1 aliphatic rings. The van der Waals surface area contributed by atoms with Crippen LogP contribution in [0.25, 0.3) is 0 Å². The number of aryl methyl sites for hydroxylation is 1. The summed E-state index contributed by atoms with van der Waals surface area (Å²) in [5.41, 5.74) is 1.72. The lowest BCUT2D eigenvalue weighted by Gasteiger charge is -2.16. The van der Waals surface area contributed by atoms with E-state index in [1.54, 1.807) is 18.2 Å². The van der Waals surface area contributed by atoms with Crippen LogP contribution in [0.15, 0.2) is 47.4 Å². The molecule has 28 heavy (non-hydrogen) atoms. The number of hydrogen-bond donors (Lipinski definition) is 2. The minimum absolute atomic E-state index is 0.0589. The fraction of sp³-hybridized carbons (Fsp3) is 0.381. The lowest BCUT2D eigenvalue weighted by Crippen LogP contribution is -2.35. The molecule has 2 N–H and O–H groups in total. The molecule has 1 fully saturated rings. The second-order valence-corrected chi connectivity index (χ2v) is 9.38. The van der Waals surface area contributed by atoms with Gasteiger partial charge in [0, 0.05) is 17.3 Å². The normalized spacial score (nSPS) is 15.1. The average Bonchev–Trinajstić information content (AvgIpc) is 3.46. The Labute approximate surface area is 171 Å². The van der Waals surface area contributed by atoms with Crippen LogP contribution in [0, 0.1) is 6.92 Å². The standard InChI is InChI=1S/C21H25ClN2O3S/c1-3-4-13-23-20(25)21(11-12-21)16-6-8-17(9-7-16)24-28(26,27)18-10-5-15(2)19(22)14-18/h5-10,14,24H,3-4,11-13H2,1-2H3,(H,23,25). The monoisotopic (exact) mass is 420 g/mol. The molecule has 5 nitrogen and oxygen atoms in total. The third-order valence-corrected chi connectivity index (χ3v) is 6.93. The number of sulfonamides is 1. The SMILES string of the molecule is CCCCNC(=O)C1(c2ccc(NS(=O)(=O)c3ccc(C)c(Cl)c3)cc2)CC1. The molecule has 0 radical (unpaired) electrons. The zero-order valence-corrected chi connectivity index (χ0v) is 17.7. The Kier molecular flexibility index (Phi) is 6.01. The van der Waals surface area contributed by atoms with Gasteiger partial charge in [0.25, 0.3) is 10.0 Å². The molecule has 0 spiro atoms. The van der Waals surface area contributed by atoms with Crippen molar-refractivity contribution in [1.29, 1.82) is 0 Å². The second-order valence-electron chi connectivity index (χ2n) is 7.29. The van der Waals surface area contributed by atoms with E-state index >= 15 is 0 Å². The molecule has 150 valence electrons. The number of carbonyl (C=O) groups is 1. The smallest absolute Gasteiger partial charge is 0.261 e. The third-order valence-electron chi connectivity index (χ3n) is 5.14. The van der Waals surface area contributed by atoms with Crippen LogP contribution in [-0.2, 0) is 20.2 Å². The second kappa shape index (κ2) is 8.13. The summed E-state index contributed by atoms with van der Waals surface area (Å²) in [5.74, 6) is 0.0589. The van der Waals surface area contributed by atoms with E-state index in [-0.39, 0.29) is 10.8 Å². The number of rotatable bonds is 8. The van der Waals surface area contributed by atoms with E-state index in [9.17, 15) is 13.2 Å². The van der Waals surface area contributed by atoms with Crippen LogP contribution in [0.2, 0.25) is 5.02 Å². The van der Waals surface area contributed by atoms with Gasteiger partial charge in [-0.3, -0.25) is 9.52 Å². The highest BCUT2D eigenvalue weighted by Gasteiger charge is 2.50. The molecule has 2 aromatic carbocycles. The third kappa shape index (κ3) is 4.33. The van der Waals surface area contributed by atoms with Crippen LogP contribution in [0.5, 0.6) is 0 Å². The molecule has 0 aromatic heterocycles. The van der Waals surface area contributed by atoms with Gasteiger partial charge in [-0.05, 0) is 61.6 Å². The Morgan fingerprint density at radius 1 is 1.14 bits per heavy atom. The van der Waals surface area contributed by atoms with E-state index in [1.807, 2.05) is 19.1 Å². The fourth-order valence-electron chi connectivity index (χ4n) is 3.13. The minimum atomic E-state index is -3.73. The lowest BCUT2D eigenvalue weighted by atomic mass is 9.94. The molecule has 0 heterocycles. The molecule has 1 amide bonds. The summed E-state index contributed by atoms with van der Waals surface area (Å²) < 4.78 is 27.7. The largest absolute Gasteiger partial charge is 0.355 e. The zero-order valence-electron chi connectivity index (χ0n) is 16.1. The lowest BCUT2D eigenvalue weighted by molar-refractivity contribution is -0.123. The van der Waals surface area contributed by atoms with Gasteiger partial charge in [0.15, 0.2) is 0 Å². The van der Waals surface area contributed by atoms with Crippen LogP contribution in [0.4, 0.5) is 5.69 Å². The molecule has 0 unspecified atom stereocenters. The van der Waals surface area contributed by atoms with Crippen LogP contribution in [0.1, 0.15) is 43.7 Å². The molecular formula is C21H25ClN2O3S. The number of anilines is 1. The van der Waals surface area contributed by atoms with Gasteiger partial charge in [0.05, 0.1) is 10.3 Å². The molecule has 7 heteroatoms. The summed E-state index contributed by atoms with van der Waals surface area (Å²) in [6.07, 6.45) is 3.63. The van der Waals surface area contributed by atoms with Gasteiger partial charge in [-0.2, -0.15) is 0 Å². The number of unbranched alkanes of at least 4 members (excludes halogenated alkanes) is 1. The molecule has 3 rings (SSSR count). The number of carbonyl (C=O) groups excluding carboxylic acids is 1. The number of hydrogen-bond acceptors (Lipinski definition) is 3. The highest BCUT2D eigenvalue weighted by atomic mass is 35.5. The van der Waals surface area contributed by atoms with Crippen molar-refractivity contribution in [2.24, 2.45) is 0 Å². The van der Waals surface area contributed by atoms with Crippen molar-refractivity contribution in [3.05, 3.63) is 58.6 Å². The molecule has 2 aromatic rings. The Morgan fingerprint density at radius 2 is 1.82 bits per heavy atom. The highest BCUT2D eigenvalue weighted by molar-refractivity contribution is 7.92. The van der Waals surface area contributed by atoms with Crippen LogP contribution in [0.3, 0.4) is 0 Å². The van der Waals surface area contributed by atoms with Crippen molar-refractivity contribution in [3.63, 3.8) is 0 Å². The van der Waals surface area contributed by atoms with E-state index < -0.39 is 15.4 Å². The molecule has 1 aliphatic carbocycles. The van der Waals surface area contributed by atoms with Gasteiger partial charge in [0.1, 0.15) is 0 Å². The first-order chi connectivity index (χ1) is 13.3. The van der Waals surface area contributed by atoms with E-state index in [4.69, 9.17) is 11.6 Å². The Morgan fingerprint density at radius 3 is 2.39 bits per heavy atom. The van der Waals surface area contributed by atoms with E-state index in [2.05, 4.69) is 17.0 Å². The van der Waals surface area contributed by atoms with Crippen LogP contribution >= 0.6 is 11.6 Å². The van der Waals surface area contributed by atoms with E-state index in [1.165, 1.54) is 12.1 Å². The molecule has 0 atom stereocenters. The molecule has 1 saturated carbocycles. The first-order valence-corrected chi connectivity index (χ1v) is 11.3. The Balaban J connectivity index is 1.72. The van der Waals surface area contributed by atoms with Gasteiger partial charge in [0.2, 0.25) is 5.91 Å². The maximum absolute atomic E-state index is 12.6. The molecule has 0 aliphatic heterocycles. The van der Waals surface area contributed by atoms with Crippen molar-refractivity contribution in [1.82, 2.24) is 5.32 Å². The summed E-state index contributed by atoms with van der Waals surface area (Å²) in [5, 5.41) is 3.41. The number of benzene rings is 2. The fourth-order valence-corrected chi connectivity index (χ4v) is 4.46. The molecular weight excluding hydrogens is 396 g/mol. The zero-order chi connectivity index (χ0) is 20.4. The Hall–Kier alpha value is -2.05. The van der Waals surface area contributed by atoms with Gasteiger partial charge in [-0.25, -0.2) is 8.42 Å². The van der Waals surface area contributed by atoms with Crippen LogP contribution in [-0.4, -0.2) is 20.9 Å². The predicted octanol–water partition coefficient (Wildman–Crippen LogP) is 4.40. The first kappa shape index (κ1) is 20.7. The molecule has 0 saturated heterocycles. The van der Waals surface area contributed by atoms with Gasteiger partial charge >= 0.3 is 0 Å². The van der Waals surface area contributed by atoms with Gasteiger partial charge < -0.3 is 5.32 Å². The van der Waals surface area contributed by atoms with Crippen molar-refractivity contribution in [3.8, 4) is 0 Å². The maximum Gasteiger partial charge on any atom is 0.261 e. The quantitative estimate of drug-likeness (QED) is 0.621. The summed E-state index contributed by atoms with van der Waals surface area (Å²) in [4.78, 5) is 12.6. The van der Waals surface area contributed by atoms with Gasteiger partial charge in [-0.15, -0.1) is 0 Å². The first-order valence-electron chi connectivity index (χ1n) is 9.46. The predicted molar refractivity (Wildman–Crippen MR) is 112 cm³/mol.